The number of hydrogen-bond donors (Lipinski definition) is 0. The van der Waals surface area contributed by atoms with Crippen molar-refractivity contribution in [3.05, 3.63) is 12.2 Å². The zero-order valence-corrected chi connectivity index (χ0v) is 14.5. The van der Waals surface area contributed by atoms with Crippen LogP contribution in [0.3, 0.4) is 0 Å². The molecule has 7 heteroatoms. The average molecular weight is 346 g/mol. The predicted molar refractivity (Wildman–Crippen MR) is 93.1 cm³/mol. The lowest BCUT2D eigenvalue weighted by atomic mass is 9.82. The van der Waals surface area contributed by atoms with Crippen LogP contribution in [0.4, 0.5) is 4.79 Å². The van der Waals surface area contributed by atoms with E-state index in [0.717, 1.165) is 25.7 Å². The number of carbonyl (C=O) groups excluding carboxylic acids is 2. The highest BCUT2D eigenvalue weighted by molar-refractivity contribution is 5.86. The number of allylic oxidation sites excluding steroid dienone is 2. The number of hydrazone groups is 1. The predicted octanol–water partition coefficient (Wildman–Crippen LogP) is 1.31. The molecule has 0 spiro atoms. The van der Waals surface area contributed by atoms with Gasteiger partial charge in [-0.15, -0.1) is 0 Å². The lowest BCUT2D eigenvalue weighted by Crippen LogP contribution is -2.54. The first-order valence-electron chi connectivity index (χ1n) is 9.38. The molecule has 0 saturated carbocycles. The maximum atomic E-state index is 12.8. The molecule has 0 aromatic rings. The Morgan fingerprint density at radius 1 is 1.04 bits per heavy atom. The fourth-order valence-electron chi connectivity index (χ4n) is 4.20. The van der Waals surface area contributed by atoms with Gasteiger partial charge in [-0.05, 0) is 25.7 Å². The van der Waals surface area contributed by atoms with Crippen molar-refractivity contribution in [1.82, 2.24) is 14.8 Å². The second kappa shape index (κ2) is 7.15. The summed E-state index contributed by atoms with van der Waals surface area (Å²) in [6, 6.07) is 0.219. The van der Waals surface area contributed by atoms with Gasteiger partial charge in [-0.2, -0.15) is 5.10 Å². The van der Waals surface area contributed by atoms with Gasteiger partial charge >= 0.3 is 6.03 Å². The standard InChI is InChI=1S/C18H26N4O3/c23-17-16-4-2-1-3-14(16)13-19-22(17)15-5-7-20(8-6-15)18(24)21-9-11-25-12-10-21/h1-2,13-16H,3-12H2. The van der Waals surface area contributed by atoms with E-state index in [9.17, 15) is 9.59 Å². The van der Waals surface area contributed by atoms with Crippen LogP contribution in [0.5, 0.6) is 0 Å². The van der Waals surface area contributed by atoms with Crippen molar-refractivity contribution in [1.29, 1.82) is 0 Å². The van der Waals surface area contributed by atoms with Gasteiger partial charge in [-0.1, -0.05) is 12.2 Å². The van der Waals surface area contributed by atoms with Gasteiger partial charge in [0.25, 0.3) is 0 Å². The first kappa shape index (κ1) is 16.6. The van der Waals surface area contributed by atoms with Crippen LogP contribution in [0.15, 0.2) is 17.3 Å². The Hall–Kier alpha value is -1.89. The quantitative estimate of drug-likeness (QED) is 0.673. The van der Waals surface area contributed by atoms with Crippen LogP contribution in [0.25, 0.3) is 0 Å². The molecule has 0 aromatic carbocycles. The summed E-state index contributed by atoms with van der Waals surface area (Å²) in [5, 5.41) is 6.18. The molecule has 0 bridgehead atoms. The molecule has 2 saturated heterocycles. The van der Waals surface area contributed by atoms with Crippen LogP contribution in [-0.2, 0) is 9.53 Å². The number of nitrogens with zero attached hydrogens (tertiary/aromatic N) is 4. The van der Waals surface area contributed by atoms with E-state index in [1.807, 2.05) is 16.0 Å². The fourth-order valence-corrected chi connectivity index (χ4v) is 4.20. The molecule has 0 aromatic heterocycles. The Bertz CT molecular complexity index is 577. The molecule has 25 heavy (non-hydrogen) atoms. The van der Waals surface area contributed by atoms with Gasteiger partial charge in [0.05, 0.1) is 25.2 Å². The van der Waals surface area contributed by atoms with E-state index in [0.29, 0.717) is 39.4 Å². The van der Waals surface area contributed by atoms with Crippen LogP contribution in [-0.4, -0.2) is 78.4 Å². The van der Waals surface area contributed by atoms with Gasteiger partial charge in [-0.25, -0.2) is 9.80 Å². The van der Waals surface area contributed by atoms with Gasteiger partial charge in [0.2, 0.25) is 5.91 Å². The van der Waals surface area contributed by atoms with Crippen LogP contribution in [0, 0.1) is 11.8 Å². The second-order valence-electron chi connectivity index (χ2n) is 7.26. The van der Waals surface area contributed by atoms with E-state index >= 15 is 0 Å². The summed E-state index contributed by atoms with van der Waals surface area (Å²) in [5.74, 6) is 0.474. The zero-order valence-electron chi connectivity index (χ0n) is 14.5. The molecule has 0 N–H and O–H groups in total. The summed E-state index contributed by atoms with van der Waals surface area (Å²) in [6.07, 6.45) is 9.55. The largest absolute Gasteiger partial charge is 0.378 e. The Kier molecular flexibility index (Phi) is 4.74. The topological polar surface area (TPSA) is 65.5 Å². The van der Waals surface area contributed by atoms with Crippen LogP contribution < -0.4 is 0 Å². The number of urea groups is 1. The van der Waals surface area contributed by atoms with Crippen molar-refractivity contribution < 1.29 is 14.3 Å². The van der Waals surface area contributed by atoms with Gasteiger partial charge in [-0.3, -0.25) is 4.79 Å². The molecule has 0 radical (unpaired) electrons. The van der Waals surface area contributed by atoms with Crippen molar-refractivity contribution in [2.75, 3.05) is 39.4 Å². The molecule has 4 rings (SSSR count). The number of rotatable bonds is 1. The lowest BCUT2D eigenvalue weighted by Gasteiger charge is -2.41. The molecular weight excluding hydrogens is 320 g/mol. The minimum absolute atomic E-state index is 0.0514. The molecule has 1 aliphatic carbocycles. The highest BCUT2D eigenvalue weighted by atomic mass is 16.5. The monoisotopic (exact) mass is 346 g/mol. The smallest absolute Gasteiger partial charge is 0.320 e. The summed E-state index contributed by atoms with van der Waals surface area (Å²) in [6.45, 7) is 3.96. The lowest BCUT2D eigenvalue weighted by molar-refractivity contribution is -0.141. The van der Waals surface area contributed by atoms with Crippen molar-refractivity contribution in [3.8, 4) is 0 Å². The molecule has 3 aliphatic heterocycles. The van der Waals surface area contributed by atoms with Crippen molar-refractivity contribution in [2.45, 2.75) is 31.7 Å². The molecule has 3 heterocycles. The summed E-state index contributed by atoms with van der Waals surface area (Å²) in [7, 11) is 0. The molecule has 2 atom stereocenters. The molecule has 4 aliphatic rings. The van der Waals surface area contributed by atoms with Gasteiger partial charge in [0, 0.05) is 38.3 Å². The third-order valence-corrected chi connectivity index (χ3v) is 5.77. The first-order valence-corrected chi connectivity index (χ1v) is 9.38. The second-order valence-corrected chi connectivity index (χ2v) is 7.26. The zero-order chi connectivity index (χ0) is 17.2. The van der Waals surface area contributed by atoms with Crippen molar-refractivity contribution >= 4 is 18.2 Å². The van der Waals surface area contributed by atoms with E-state index < -0.39 is 0 Å². The van der Waals surface area contributed by atoms with E-state index in [2.05, 4.69) is 17.3 Å². The SMILES string of the molecule is O=C(N1CCOCC1)N1CCC(N2N=CC3CC=CCC3C2=O)CC1. The Labute approximate surface area is 148 Å². The van der Waals surface area contributed by atoms with Gasteiger partial charge in [0.1, 0.15) is 0 Å². The number of hydrogen-bond acceptors (Lipinski definition) is 4. The van der Waals surface area contributed by atoms with Crippen LogP contribution in [0.1, 0.15) is 25.7 Å². The molecule has 2 unspecified atom stereocenters. The Balaban J connectivity index is 1.34. The summed E-state index contributed by atoms with van der Waals surface area (Å²) in [5.41, 5.74) is 0. The van der Waals surface area contributed by atoms with Crippen molar-refractivity contribution in [2.24, 2.45) is 16.9 Å². The van der Waals surface area contributed by atoms with Gasteiger partial charge in [0.15, 0.2) is 0 Å². The maximum absolute atomic E-state index is 12.8. The number of likely N-dealkylation sites (tertiary alicyclic amines) is 1. The average Bonchev–Trinajstić information content (AvgIpc) is 2.69. The molecule has 7 nitrogen and oxygen atoms in total. The maximum Gasteiger partial charge on any atom is 0.320 e. The summed E-state index contributed by atoms with van der Waals surface area (Å²) in [4.78, 5) is 29.1. The minimum Gasteiger partial charge on any atom is -0.378 e. The third-order valence-electron chi connectivity index (χ3n) is 5.77. The molecule has 2 fully saturated rings. The Morgan fingerprint density at radius 3 is 2.48 bits per heavy atom. The molecule has 136 valence electrons. The van der Waals surface area contributed by atoms with E-state index in [-0.39, 0.29) is 29.8 Å². The fraction of sp³-hybridized carbons (Fsp3) is 0.722. The third kappa shape index (κ3) is 3.29. The highest BCUT2D eigenvalue weighted by Crippen LogP contribution is 2.31. The number of fused-ring (bicyclic) bond motifs is 1. The summed E-state index contributed by atoms with van der Waals surface area (Å²) < 4.78 is 5.31. The van der Waals surface area contributed by atoms with Crippen molar-refractivity contribution in [3.63, 3.8) is 0 Å². The van der Waals surface area contributed by atoms with Crippen LogP contribution in [0.2, 0.25) is 0 Å². The van der Waals surface area contributed by atoms with Gasteiger partial charge < -0.3 is 14.5 Å². The van der Waals surface area contributed by atoms with E-state index in [1.54, 1.807) is 5.01 Å². The van der Waals surface area contributed by atoms with Crippen LogP contribution >= 0.6 is 0 Å². The molecular formula is C18H26N4O3. The van der Waals surface area contributed by atoms with E-state index in [4.69, 9.17) is 4.74 Å². The normalized spacial score (nSPS) is 30.6. The minimum atomic E-state index is 0.0514. The number of piperidine rings is 1. The Morgan fingerprint density at radius 2 is 1.72 bits per heavy atom. The number of carbonyl (C=O) groups is 2. The van der Waals surface area contributed by atoms with E-state index in [1.165, 1.54) is 0 Å². The number of ether oxygens (including phenoxy) is 1. The summed E-state index contributed by atoms with van der Waals surface area (Å²) >= 11 is 0. The molecule has 3 amide bonds. The first-order chi connectivity index (χ1) is 12.2. The highest BCUT2D eigenvalue weighted by Gasteiger charge is 2.39. The number of amides is 3. The number of morpholine rings is 1.